The molecule has 5 rings (SSSR count). The molecule has 3 heterocycles. The van der Waals surface area contributed by atoms with Crippen LogP contribution in [0.15, 0.2) is 75.3 Å². The van der Waals surface area contributed by atoms with Gasteiger partial charge < -0.3 is 4.42 Å². The first-order valence-electron chi connectivity index (χ1n) is 11.0. The van der Waals surface area contributed by atoms with Crippen LogP contribution in [-0.2, 0) is 5.75 Å². The molecular weight excluding hydrogens is 444 g/mol. The van der Waals surface area contributed by atoms with E-state index in [1.165, 1.54) is 11.1 Å². The second kappa shape index (κ2) is 8.91. The molecule has 170 valence electrons. The zero-order valence-corrected chi connectivity index (χ0v) is 20.3. The predicted octanol–water partition coefficient (Wildman–Crippen LogP) is 5.96. The summed E-state index contributed by atoms with van der Waals surface area (Å²) in [5.74, 6) is 1.31. The van der Waals surface area contributed by atoms with Gasteiger partial charge in [-0.15, -0.1) is 10.2 Å². The Morgan fingerprint density at radius 1 is 0.882 bits per heavy atom. The summed E-state index contributed by atoms with van der Waals surface area (Å²) in [6.07, 6.45) is 3.50. The molecule has 6 nitrogen and oxygen atoms in total. The van der Waals surface area contributed by atoms with E-state index in [1.807, 2.05) is 32.0 Å². The summed E-state index contributed by atoms with van der Waals surface area (Å²) < 4.78 is 7.61. The van der Waals surface area contributed by atoms with Crippen LogP contribution in [0.3, 0.4) is 0 Å². The van der Waals surface area contributed by atoms with Gasteiger partial charge in [0.05, 0.1) is 5.69 Å². The standard InChI is InChI=1S/C27H24N4O2S/c1-16-5-7-22(13-18(16)3)31-26(20-9-11-28-12-10-20)29-30-27(31)34-15-21-14-24(32)33-25-19(4)17(2)6-8-23(21)25/h5-14H,15H2,1-4H3. The Bertz CT molecular complexity index is 1570. The number of thioether (sulfide) groups is 1. The molecule has 0 fully saturated rings. The van der Waals surface area contributed by atoms with Crippen molar-refractivity contribution in [3.63, 3.8) is 0 Å². The monoisotopic (exact) mass is 468 g/mol. The zero-order chi connectivity index (χ0) is 23.8. The molecule has 0 unspecified atom stereocenters. The van der Waals surface area contributed by atoms with E-state index >= 15 is 0 Å². The third-order valence-corrected chi connectivity index (χ3v) is 7.17. The summed E-state index contributed by atoms with van der Waals surface area (Å²) in [6, 6.07) is 15.8. The highest BCUT2D eigenvalue weighted by atomic mass is 32.2. The van der Waals surface area contributed by atoms with Gasteiger partial charge in [0, 0.05) is 35.2 Å². The summed E-state index contributed by atoms with van der Waals surface area (Å²) in [7, 11) is 0. The van der Waals surface area contributed by atoms with Crippen molar-refractivity contribution in [2.75, 3.05) is 0 Å². The molecule has 0 N–H and O–H groups in total. The highest BCUT2D eigenvalue weighted by Crippen LogP contribution is 2.32. The molecule has 0 aliphatic rings. The van der Waals surface area contributed by atoms with Crippen LogP contribution < -0.4 is 5.63 Å². The van der Waals surface area contributed by atoms with E-state index in [0.29, 0.717) is 11.3 Å². The largest absolute Gasteiger partial charge is 0.422 e. The first kappa shape index (κ1) is 22.1. The number of nitrogens with zero attached hydrogens (tertiary/aromatic N) is 4. The minimum atomic E-state index is -0.343. The smallest absolute Gasteiger partial charge is 0.336 e. The zero-order valence-electron chi connectivity index (χ0n) is 19.5. The molecule has 2 aromatic carbocycles. The van der Waals surface area contributed by atoms with Crippen LogP contribution in [-0.4, -0.2) is 19.7 Å². The van der Waals surface area contributed by atoms with Crippen LogP contribution in [0.25, 0.3) is 28.0 Å². The van der Waals surface area contributed by atoms with E-state index in [2.05, 4.69) is 57.9 Å². The number of aromatic nitrogens is 4. The minimum absolute atomic E-state index is 0.343. The third kappa shape index (κ3) is 4.03. The van der Waals surface area contributed by atoms with Gasteiger partial charge in [0.2, 0.25) is 0 Å². The maximum atomic E-state index is 12.3. The van der Waals surface area contributed by atoms with E-state index in [1.54, 1.807) is 30.2 Å². The number of benzene rings is 2. The molecule has 0 amide bonds. The van der Waals surface area contributed by atoms with Gasteiger partial charge in [-0.05, 0) is 79.8 Å². The lowest BCUT2D eigenvalue weighted by molar-refractivity contribution is 0.557. The number of aryl methyl sites for hydroxylation is 4. The van der Waals surface area contributed by atoms with Crippen molar-refractivity contribution in [3.8, 4) is 17.1 Å². The normalized spacial score (nSPS) is 11.3. The van der Waals surface area contributed by atoms with Crippen molar-refractivity contribution in [2.45, 2.75) is 38.6 Å². The molecule has 5 aromatic rings. The van der Waals surface area contributed by atoms with Crippen molar-refractivity contribution in [3.05, 3.63) is 99.2 Å². The van der Waals surface area contributed by atoms with Crippen LogP contribution in [0.1, 0.15) is 27.8 Å². The molecule has 0 aliphatic heterocycles. The van der Waals surface area contributed by atoms with Gasteiger partial charge in [-0.2, -0.15) is 0 Å². The Kier molecular flexibility index (Phi) is 5.79. The van der Waals surface area contributed by atoms with Crippen LogP contribution in [0.2, 0.25) is 0 Å². The molecule has 34 heavy (non-hydrogen) atoms. The molecule has 0 radical (unpaired) electrons. The Morgan fingerprint density at radius 2 is 1.65 bits per heavy atom. The van der Waals surface area contributed by atoms with Crippen molar-refractivity contribution in [1.29, 1.82) is 0 Å². The fourth-order valence-corrected chi connectivity index (χ4v) is 4.88. The van der Waals surface area contributed by atoms with Gasteiger partial charge in [0.25, 0.3) is 0 Å². The second-order valence-corrected chi connectivity index (χ2v) is 9.35. The van der Waals surface area contributed by atoms with Crippen LogP contribution in [0, 0.1) is 27.7 Å². The maximum Gasteiger partial charge on any atom is 0.336 e. The fraction of sp³-hybridized carbons (Fsp3) is 0.185. The predicted molar refractivity (Wildman–Crippen MR) is 136 cm³/mol. The van der Waals surface area contributed by atoms with Crippen LogP contribution in [0.5, 0.6) is 0 Å². The molecular formula is C27H24N4O2S. The van der Waals surface area contributed by atoms with E-state index < -0.39 is 0 Å². The fourth-order valence-electron chi connectivity index (χ4n) is 3.94. The summed E-state index contributed by atoms with van der Waals surface area (Å²) >= 11 is 1.55. The molecule has 3 aromatic heterocycles. The molecule has 0 atom stereocenters. The van der Waals surface area contributed by atoms with E-state index in [0.717, 1.165) is 44.3 Å². The number of hydrogen-bond acceptors (Lipinski definition) is 6. The molecule has 0 spiro atoms. The highest BCUT2D eigenvalue weighted by Gasteiger charge is 2.18. The maximum absolute atomic E-state index is 12.3. The lowest BCUT2D eigenvalue weighted by Gasteiger charge is -2.13. The number of pyridine rings is 1. The summed E-state index contributed by atoms with van der Waals surface area (Å²) in [5, 5.41) is 10.7. The topological polar surface area (TPSA) is 73.8 Å². The summed E-state index contributed by atoms with van der Waals surface area (Å²) in [6.45, 7) is 8.19. The molecule has 0 bridgehead atoms. The molecule has 0 saturated heterocycles. The number of hydrogen-bond donors (Lipinski definition) is 0. The number of rotatable bonds is 5. The average molecular weight is 469 g/mol. The third-order valence-electron chi connectivity index (χ3n) is 6.19. The van der Waals surface area contributed by atoms with Gasteiger partial charge in [-0.25, -0.2) is 4.79 Å². The first-order chi connectivity index (χ1) is 16.4. The Labute approximate surface area is 201 Å². The SMILES string of the molecule is Cc1ccc(-n2c(SCc3cc(=O)oc4c(C)c(C)ccc34)nnc2-c2ccncc2)cc1C. The van der Waals surface area contributed by atoms with Gasteiger partial charge in [0.1, 0.15) is 5.58 Å². The van der Waals surface area contributed by atoms with E-state index in [-0.39, 0.29) is 5.63 Å². The molecule has 0 saturated carbocycles. The van der Waals surface area contributed by atoms with Crippen LogP contribution in [0.4, 0.5) is 0 Å². The minimum Gasteiger partial charge on any atom is -0.422 e. The van der Waals surface area contributed by atoms with E-state index in [9.17, 15) is 4.79 Å². The van der Waals surface area contributed by atoms with Gasteiger partial charge in [-0.1, -0.05) is 30.0 Å². The average Bonchev–Trinajstić information content (AvgIpc) is 3.26. The lowest BCUT2D eigenvalue weighted by Crippen LogP contribution is -2.03. The first-order valence-corrected chi connectivity index (χ1v) is 12.0. The van der Waals surface area contributed by atoms with Crippen molar-refractivity contribution < 1.29 is 4.42 Å². The van der Waals surface area contributed by atoms with Crippen molar-refractivity contribution >= 4 is 22.7 Å². The van der Waals surface area contributed by atoms with Gasteiger partial charge >= 0.3 is 5.63 Å². The quantitative estimate of drug-likeness (QED) is 0.234. The van der Waals surface area contributed by atoms with Crippen molar-refractivity contribution in [1.82, 2.24) is 19.7 Å². The van der Waals surface area contributed by atoms with Gasteiger partial charge in [0.15, 0.2) is 11.0 Å². The molecule has 7 heteroatoms. The number of fused-ring (bicyclic) bond motifs is 1. The summed E-state index contributed by atoms with van der Waals surface area (Å²) in [4.78, 5) is 16.4. The Morgan fingerprint density at radius 3 is 2.41 bits per heavy atom. The summed E-state index contributed by atoms with van der Waals surface area (Å²) in [5.41, 5.74) is 7.65. The molecule has 0 aliphatic carbocycles. The van der Waals surface area contributed by atoms with Gasteiger partial charge in [-0.3, -0.25) is 9.55 Å². The highest BCUT2D eigenvalue weighted by molar-refractivity contribution is 7.98. The lowest BCUT2D eigenvalue weighted by atomic mass is 10.0. The second-order valence-electron chi connectivity index (χ2n) is 8.41. The Hall–Kier alpha value is -3.71. The van der Waals surface area contributed by atoms with Crippen LogP contribution >= 0.6 is 11.8 Å². The van der Waals surface area contributed by atoms with Crippen molar-refractivity contribution in [2.24, 2.45) is 0 Å². The van der Waals surface area contributed by atoms with E-state index in [4.69, 9.17) is 4.42 Å². The Balaban J connectivity index is 1.59.